The van der Waals surface area contributed by atoms with Crippen molar-refractivity contribution in [2.75, 3.05) is 0 Å². The molecule has 2 heteroatoms. The first-order valence-electron chi connectivity index (χ1n) is 6.21. The van der Waals surface area contributed by atoms with E-state index >= 15 is 0 Å². The van der Waals surface area contributed by atoms with Gasteiger partial charge < -0.3 is 4.80 Å². The lowest BCUT2D eigenvalue weighted by molar-refractivity contribution is 0.580. The van der Waals surface area contributed by atoms with E-state index < -0.39 is 9.04 Å². The summed E-state index contributed by atoms with van der Waals surface area (Å²) in [6.07, 6.45) is 0. The van der Waals surface area contributed by atoms with Crippen molar-refractivity contribution < 1.29 is 4.80 Å². The van der Waals surface area contributed by atoms with Gasteiger partial charge in [-0.15, -0.1) is 0 Å². The van der Waals surface area contributed by atoms with Crippen LogP contribution >= 0.6 is 0 Å². The Labute approximate surface area is 111 Å². The van der Waals surface area contributed by atoms with Gasteiger partial charge in [-0.25, -0.2) is 0 Å². The lowest BCUT2D eigenvalue weighted by atomic mass is 9.87. The second-order valence-corrected chi connectivity index (χ2v) is 7.32. The molecule has 0 aliphatic rings. The largest absolute Gasteiger partial charge is 0.424 e. The van der Waals surface area contributed by atoms with Gasteiger partial charge >= 0.3 is 0 Å². The molecule has 0 amide bonds. The number of benzene rings is 2. The summed E-state index contributed by atoms with van der Waals surface area (Å²) < 4.78 is 0. The Kier molecular flexibility index (Phi) is 3.69. The highest BCUT2D eigenvalue weighted by molar-refractivity contribution is 6.79. The van der Waals surface area contributed by atoms with Crippen LogP contribution in [0.3, 0.4) is 0 Å². The van der Waals surface area contributed by atoms with Crippen LogP contribution in [-0.4, -0.2) is 13.8 Å². The predicted octanol–water partition coefficient (Wildman–Crippen LogP) is 2.08. The summed E-state index contributed by atoms with van der Waals surface area (Å²) in [5.41, 5.74) is 1.30. The first kappa shape index (κ1) is 13.1. The summed E-state index contributed by atoms with van der Waals surface area (Å²) in [6.45, 7) is 6.56. The van der Waals surface area contributed by atoms with Crippen LogP contribution in [0.5, 0.6) is 0 Å². The molecule has 0 atom stereocenters. The second kappa shape index (κ2) is 5.08. The highest BCUT2D eigenvalue weighted by Crippen LogP contribution is 2.20. The van der Waals surface area contributed by atoms with Crippen molar-refractivity contribution in [2.45, 2.75) is 26.2 Å². The van der Waals surface area contributed by atoms with E-state index in [2.05, 4.69) is 32.9 Å². The van der Waals surface area contributed by atoms with Gasteiger partial charge in [0.25, 0.3) is 9.04 Å². The monoisotopic (exact) mass is 255 g/mol. The minimum atomic E-state index is -1.66. The zero-order valence-electron chi connectivity index (χ0n) is 11.1. The van der Waals surface area contributed by atoms with Gasteiger partial charge in [-0.3, -0.25) is 0 Å². The van der Waals surface area contributed by atoms with Crippen LogP contribution in [0, 0.1) is 0 Å². The Hall–Kier alpha value is -1.38. The number of hydrogen-bond donors (Lipinski definition) is 1. The minimum absolute atomic E-state index is 0.0595. The van der Waals surface area contributed by atoms with E-state index in [1.165, 1.54) is 5.56 Å². The first-order chi connectivity index (χ1) is 8.50. The molecular weight excluding hydrogens is 236 g/mol. The van der Waals surface area contributed by atoms with Gasteiger partial charge in [0.15, 0.2) is 0 Å². The molecule has 2 rings (SSSR count). The van der Waals surface area contributed by atoms with Crippen molar-refractivity contribution in [3.63, 3.8) is 0 Å². The van der Waals surface area contributed by atoms with Gasteiger partial charge in [-0.1, -0.05) is 75.4 Å². The number of rotatable bonds is 2. The molecule has 2 aromatic carbocycles. The molecule has 0 unspecified atom stereocenters. The van der Waals surface area contributed by atoms with Gasteiger partial charge in [0.05, 0.1) is 0 Å². The Morgan fingerprint density at radius 1 is 0.833 bits per heavy atom. The van der Waals surface area contributed by atoms with Crippen molar-refractivity contribution in [3.8, 4) is 0 Å². The molecule has 0 aliphatic carbocycles. The fraction of sp³-hybridized carbons (Fsp3) is 0.250. The zero-order chi connectivity index (χ0) is 13.2. The average molecular weight is 255 g/mol. The van der Waals surface area contributed by atoms with Gasteiger partial charge in [0.2, 0.25) is 0 Å². The molecule has 0 bridgehead atoms. The summed E-state index contributed by atoms with van der Waals surface area (Å²) in [5.74, 6) is 0. The average Bonchev–Trinajstić information content (AvgIpc) is 2.38. The quantitative estimate of drug-likeness (QED) is 0.815. The molecule has 0 aliphatic heterocycles. The maximum Gasteiger partial charge on any atom is 0.280 e. The molecule has 1 N–H and O–H groups in total. The third-order valence-corrected chi connectivity index (χ3v) is 4.86. The Balaban J connectivity index is 2.46. The lowest BCUT2D eigenvalue weighted by Gasteiger charge is -2.24. The van der Waals surface area contributed by atoms with Gasteiger partial charge in [0.1, 0.15) is 0 Å². The van der Waals surface area contributed by atoms with Gasteiger partial charge in [0, 0.05) is 0 Å². The van der Waals surface area contributed by atoms with E-state index in [9.17, 15) is 4.80 Å². The summed E-state index contributed by atoms with van der Waals surface area (Å²) in [4.78, 5) is 10.6. The summed E-state index contributed by atoms with van der Waals surface area (Å²) in [6, 6.07) is 18.2. The predicted molar refractivity (Wildman–Crippen MR) is 78.8 cm³/mol. The van der Waals surface area contributed by atoms with E-state index in [-0.39, 0.29) is 5.41 Å². The van der Waals surface area contributed by atoms with Crippen molar-refractivity contribution in [1.29, 1.82) is 0 Å². The van der Waals surface area contributed by atoms with Gasteiger partial charge in [-0.2, -0.15) is 0 Å². The summed E-state index contributed by atoms with van der Waals surface area (Å²) in [7, 11) is -1.66. The SMILES string of the molecule is CC(C)(C)c1ccccc1[Si](O)c1ccccc1. The normalized spacial score (nSPS) is 11.8. The maximum atomic E-state index is 10.6. The van der Waals surface area contributed by atoms with Crippen LogP contribution in [0.15, 0.2) is 54.6 Å². The Morgan fingerprint density at radius 2 is 1.39 bits per heavy atom. The molecular formula is C16H19OSi. The standard InChI is InChI=1S/C16H19OSi/c1-16(2,3)14-11-7-8-12-15(14)18(17)13-9-5-4-6-10-13/h4-12,17H,1-3H3. The topological polar surface area (TPSA) is 20.2 Å². The molecule has 0 heterocycles. The fourth-order valence-corrected chi connectivity index (χ4v) is 3.88. The van der Waals surface area contributed by atoms with E-state index in [0.717, 1.165) is 10.4 Å². The first-order valence-corrected chi connectivity index (χ1v) is 7.66. The van der Waals surface area contributed by atoms with E-state index in [4.69, 9.17) is 0 Å². The molecule has 93 valence electrons. The molecule has 18 heavy (non-hydrogen) atoms. The van der Waals surface area contributed by atoms with E-state index in [0.29, 0.717) is 0 Å². The van der Waals surface area contributed by atoms with Crippen molar-refractivity contribution in [3.05, 3.63) is 60.2 Å². The molecule has 1 radical (unpaired) electrons. The number of hydrogen-bond acceptors (Lipinski definition) is 1. The molecule has 0 fully saturated rings. The minimum Gasteiger partial charge on any atom is -0.424 e. The highest BCUT2D eigenvalue weighted by Gasteiger charge is 2.24. The highest BCUT2D eigenvalue weighted by atomic mass is 28.3. The van der Waals surface area contributed by atoms with Crippen LogP contribution in [0.1, 0.15) is 26.3 Å². The second-order valence-electron chi connectivity index (χ2n) is 5.51. The van der Waals surface area contributed by atoms with Crippen LogP contribution in [-0.2, 0) is 5.41 Å². The van der Waals surface area contributed by atoms with Crippen LogP contribution < -0.4 is 10.4 Å². The maximum absolute atomic E-state index is 10.6. The van der Waals surface area contributed by atoms with Crippen LogP contribution in [0.2, 0.25) is 0 Å². The van der Waals surface area contributed by atoms with Gasteiger partial charge in [-0.05, 0) is 21.4 Å². The molecule has 2 aromatic rings. The van der Waals surface area contributed by atoms with Crippen LogP contribution in [0.25, 0.3) is 0 Å². The van der Waals surface area contributed by atoms with Crippen LogP contribution in [0.4, 0.5) is 0 Å². The Bertz CT molecular complexity index is 514. The summed E-state index contributed by atoms with van der Waals surface area (Å²) in [5, 5.41) is 2.14. The van der Waals surface area contributed by atoms with Crippen molar-refractivity contribution >= 4 is 19.4 Å². The third-order valence-electron chi connectivity index (χ3n) is 3.04. The molecule has 0 saturated heterocycles. The Morgan fingerprint density at radius 3 is 2.00 bits per heavy atom. The molecule has 0 aromatic heterocycles. The molecule has 0 saturated carbocycles. The zero-order valence-corrected chi connectivity index (χ0v) is 12.1. The van der Waals surface area contributed by atoms with E-state index in [1.807, 2.05) is 42.5 Å². The molecule has 0 spiro atoms. The lowest BCUT2D eigenvalue weighted by Crippen LogP contribution is -2.45. The third kappa shape index (κ3) is 2.71. The van der Waals surface area contributed by atoms with Crippen molar-refractivity contribution in [1.82, 2.24) is 0 Å². The fourth-order valence-electron chi connectivity index (χ4n) is 2.10. The smallest absolute Gasteiger partial charge is 0.280 e. The molecule has 1 nitrogen and oxygen atoms in total. The summed E-state index contributed by atoms with van der Waals surface area (Å²) >= 11 is 0. The van der Waals surface area contributed by atoms with Crippen molar-refractivity contribution in [2.24, 2.45) is 0 Å². The van der Waals surface area contributed by atoms with E-state index in [1.54, 1.807) is 0 Å².